The first-order valence-electron chi connectivity index (χ1n) is 6.26. The van der Waals surface area contributed by atoms with Gasteiger partial charge < -0.3 is 10.4 Å². The van der Waals surface area contributed by atoms with Crippen LogP contribution in [0.25, 0.3) is 0 Å². The van der Waals surface area contributed by atoms with Gasteiger partial charge in [0.15, 0.2) is 0 Å². The third-order valence-electron chi connectivity index (χ3n) is 3.28. The number of rotatable bonds is 5. The number of amides is 1. The number of hydrogen-bond donors (Lipinski definition) is 2. The quantitative estimate of drug-likeness (QED) is 0.799. The van der Waals surface area contributed by atoms with E-state index in [9.17, 15) is 18.4 Å². The molecule has 18 heavy (non-hydrogen) atoms. The average molecular weight is 263 g/mol. The van der Waals surface area contributed by atoms with Crippen molar-refractivity contribution in [1.29, 1.82) is 0 Å². The van der Waals surface area contributed by atoms with E-state index in [2.05, 4.69) is 5.32 Å². The molecule has 0 spiro atoms. The summed E-state index contributed by atoms with van der Waals surface area (Å²) in [4.78, 5) is 22.7. The van der Waals surface area contributed by atoms with Gasteiger partial charge in [-0.05, 0) is 19.3 Å². The summed E-state index contributed by atoms with van der Waals surface area (Å²) in [6.07, 6.45) is 0.645. The molecule has 0 radical (unpaired) electrons. The molecule has 1 aliphatic rings. The Morgan fingerprint density at radius 3 is 2.39 bits per heavy atom. The maximum atomic E-state index is 12.9. The first-order chi connectivity index (χ1) is 8.35. The Kier molecular flexibility index (Phi) is 5.04. The lowest BCUT2D eigenvalue weighted by atomic mass is 9.86. The van der Waals surface area contributed by atoms with Crippen molar-refractivity contribution in [2.75, 3.05) is 0 Å². The molecule has 1 rings (SSSR count). The zero-order valence-electron chi connectivity index (χ0n) is 10.4. The number of nitrogens with one attached hydrogen (secondary N) is 1. The highest BCUT2D eigenvalue weighted by atomic mass is 19.3. The van der Waals surface area contributed by atoms with Crippen LogP contribution < -0.4 is 5.32 Å². The highest BCUT2D eigenvalue weighted by Gasteiger charge is 2.38. The van der Waals surface area contributed by atoms with Gasteiger partial charge in [0.05, 0.1) is 0 Å². The van der Waals surface area contributed by atoms with Crippen LogP contribution in [-0.2, 0) is 9.59 Å². The van der Waals surface area contributed by atoms with Gasteiger partial charge in [-0.25, -0.2) is 13.6 Å². The summed E-state index contributed by atoms with van der Waals surface area (Å²) in [5.74, 6) is -4.65. The largest absolute Gasteiger partial charge is 0.480 e. The predicted octanol–water partition coefficient (Wildman–Crippen LogP) is 2.18. The zero-order valence-corrected chi connectivity index (χ0v) is 10.4. The van der Waals surface area contributed by atoms with Crippen molar-refractivity contribution in [3.63, 3.8) is 0 Å². The first-order valence-corrected chi connectivity index (χ1v) is 6.26. The Morgan fingerprint density at radius 2 is 1.94 bits per heavy atom. The fourth-order valence-electron chi connectivity index (χ4n) is 2.14. The average Bonchev–Trinajstić information content (AvgIpc) is 2.28. The number of hydrogen-bond acceptors (Lipinski definition) is 2. The molecule has 1 saturated carbocycles. The number of halogens is 2. The smallest absolute Gasteiger partial charge is 0.326 e. The molecule has 0 aromatic rings. The third-order valence-corrected chi connectivity index (χ3v) is 3.28. The van der Waals surface area contributed by atoms with E-state index >= 15 is 0 Å². The standard InChI is InChI=1S/C12H19F2NO3/c1-2-3-9(11(17)18)15-10(16)8-4-6-12(13,14)7-5-8/h8-9H,2-7H2,1H3,(H,15,16)(H,17,18). The second-order valence-electron chi connectivity index (χ2n) is 4.82. The summed E-state index contributed by atoms with van der Waals surface area (Å²) < 4.78 is 25.9. The molecule has 0 saturated heterocycles. The monoisotopic (exact) mass is 263 g/mol. The van der Waals surface area contributed by atoms with E-state index in [4.69, 9.17) is 5.11 Å². The maximum absolute atomic E-state index is 12.9. The van der Waals surface area contributed by atoms with Crippen LogP contribution in [0.3, 0.4) is 0 Å². The fraction of sp³-hybridized carbons (Fsp3) is 0.833. The van der Waals surface area contributed by atoms with Gasteiger partial charge in [0.25, 0.3) is 0 Å². The minimum atomic E-state index is -2.67. The lowest BCUT2D eigenvalue weighted by Crippen LogP contribution is -2.45. The molecule has 1 aliphatic carbocycles. The molecule has 1 unspecified atom stereocenters. The van der Waals surface area contributed by atoms with E-state index in [0.717, 1.165) is 0 Å². The summed E-state index contributed by atoms with van der Waals surface area (Å²) >= 11 is 0. The van der Waals surface area contributed by atoms with Crippen LogP contribution in [0.1, 0.15) is 45.4 Å². The molecule has 2 N–H and O–H groups in total. The number of alkyl halides is 2. The molecule has 104 valence electrons. The van der Waals surface area contributed by atoms with E-state index in [-0.39, 0.29) is 25.7 Å². The van der Waals surface area contributed by atoms with Crippen LogP contribution in [0.15, 0.2) is 0 Å². The van der Waals surface area contributed by atoms with Gasteiger partial charge in [-0.3, -0.25) is 4.79 Å². The van der Waals surface area contributed by atoms with Crippen molar-refractivity contribution in [2.24, 2.45) is 5.92 Å². The third kappa shape index (κ3) is 4.23. The molecule has 1 atom stereocenters. The Morgan fingerprint density at radius 1 is 1.39 bits per heavy atom. The van der Waals surface area contributed by atoms with E-state index in [0.29, 0.717) is 12.8 Å². The Bertz CT molecular complexity index is 310. The molecule has 0 heterocycles. The minimum Gasteiger partial charge on any atom is -0.480 e. The van der Waals surface area contributed by atoms with Crippen LogP contribution in [0.4, 0.5) is 8.78 Å². The second kappa shape index (κ2) is 6.11. The summed E-state index contributed by atoms with van der Waals surface area (Å²) in [7, 11) is 0. The molecule has 4 nitrogen and oxygen atoms in total. The number of carboxylic acids is 1. The molecular weight excluding hydrogens is 244 g/mol. The van der Waals surface area contributed by atoms with Gasteiger partial charge in [-0.1, -0.05) is 13.3 Å². The Balaban J connectivity index is 2.47. The van der Waals surface area contributed by atoms with Crippen molar-refractivity contribution < 1.29 is 23.5 Å². The van der Waals surface area contributed by atoms with E-state index in [1.54, 1.807) is 0 Å². The highest BCUT2D eigenvalue weighted by Crippen LogP contribution is 2.36. The highest BCUT2D eigenvalue weighted by molar-refractivity contribution is 5.85. The molecule has 0 aliphatic heterocycles. The van der Waals surface area contributed by atoms with Gasteiger partial charge in [-0.15, -0.1) is 0 Å². The SMILES string of the molecule is CCCC(NC(=O)C1CCC(F)(F)CC1)C(=O)O. The van der Waals surface area contributed by atoms with Crippen molar-refractivity contribution in [3.8, 4) is 0 Å². The molecule has 0 aromatic carbocycles. The molecule has 1 fully saturated rings. The van der Waals surface area contributed by atoms with Crippen molar-refractivity contribution in [3.05, 3.63) is 0 Å². The van der Waals surface area contributed by atoms with Crippen LogP contribution in [-0.4, -0.2) is 28.9 Å². The summed E-state index contributed by atoms with van der Waals surface area (Å²) in [5.41, 5.74) is 0. The van der Waals surface area contributed by atoms with Gasteiger partial charge in [0.2, 0.25) is 11.8 Å². The molecule has 1 amide bonds. The number of carbonyl (C=O) groups excluding carboxylic acids is 1. The summed E-state index contributed by atoms with van der Waals surface area (Å²) in [6.45, 7) is 1.82. The van der Waals surface area contributed by atoms with Gasteiger partial charge in [0, 0.05) is 18.8 Å². The van der Waals surface area contributed by atoms with Gasteiger partial charge in [-0.2, -0.15) is 0 Å². The first kappa shape index (κ1) is 14.9. The van der Waals surface area contributed by atoms with E-state index < -0.39 is 29.8 Å². The van der Waals surface area contributed by atoms with Crippen molar-refractivity contribution >= 4 is 11.9 Å². The molecule has 0 bridgehead atoms. The van der Waals surface area contributed by atoms with E-state index in [1.165, 1.54) is 0 Å². The van der Waals surface area contributed by atoms with Crippen LogP contribution in [0.5, 0.6) is 0 Å². The van der Waals surface area contributed by atoms with Crippen LogP contribution >= 0.6 is 0 Å². The topological polar surface area (TPSA) is 66.4 Å². The lowest BCUT2D eigenvalue weighted by molar-refractivity contribution is -0.143. The lowest BCUT2D eigenvalue weighted by Gasteiger charge is -2.28. The zero-order chi connectivity index (χ0) is 13.8. The number of carboxylic acid groups (broad SMARTS) is 1. The number of carbonyl (C=O) groups is 2. The summed E-state index contributed by atoms with van der Waals surface area (Å²) in [5, 5.41) is 11.3. The Labute approximate surface area is 105 Å². The molecule has 0 aromatic heterocycles. The normalized spacial score (nSPS) is 21.3. The predicted molar refractivity (Wildman–Crippen MR) is 61.4 cm³/mol. The van der Waals surface area contributed by atoms with Crippen molar-refractivity contribution in [1.82, 2.24) is 5.32 Å². The van der Waals surface area contributed by atoms with Crippen molar-refractivity contribution in [2.45, 2.75) is 57.4 Å². The molecular formula is C12H19F2NO3. The number of aliphatic carboxylic acids is 1. The fourth-order valence-corrected chi connectivity index (χ4v) is 2.14. The van der Waals surface area contributed by atoms with Gasteiger partial charge >= 0.3 is 5.97 Å². The minimum absolute atomic E-state index is 0.122. The maximum Gasteiger partial charge on any atom is 0.326 e. The molecule has 6 heteroatoms. The Hall–Kier alpha value is -1.20. The summed E-state index contributed by atoms with van der Waals surface area (Å²) in [6, 6.07) is -0.912. The van der Waals surface area contributed by atoms with E-state index in [1.807, 2.05) is 6.92 Å². The van der Waals surface area contributed by atoms with Crippen LogP contribution in [0.2, 0.25) is 0 Å². The van der Waals surface area contributed by atoms with Crippen LogP contribution in [0, 0.1) is 5.92 Å². The van der Waals surface area contributed by atoms with Gasteiger partial charge in [0.1, 0.15) is 6.04 Å². The second-order valence-corrected chi connectivity index (χ2v) is 4.82.